The Bertz CT molecular complexity index is 565. The molecule has 6 heteroatoms. The molecule has 2 N–H and O–H groups in total. The first-order valence-electron chi connectivity index (χ1n) is 6.64. The van der Waals surface area contributed by atoms with Gasteiger partial charge in [0.05, 0.1) is 11.5 Å². The van der Waals surface area contributed by atoms with Crippen LogP contribution in [0, 0.1) is 0 Å². The fourth-order valence-corrected chi connectivity index (χ4v) is 3.89. The lowest BCUT2D eigenvalue weighted by atomic mass is 10.1. The van der Waals surface area contributed by atoms with Crippen molar-refractivity contribution in [2.45, 2.75) is 30.2 Å². The molecule has 2 aliphatic rings. The Labute approximate surface area is 113 Å². The van der Waals surface area contributed by atoms with Crippen molar-refractivity contribution in [2.24, 2.45) is 0 Å². The van der Waals surface area contributed by atoms with Gasteiger partial charge in [0.25, 0.3) is 0 Å². The quantitative estimate of drug-likeness (QED) is 0.854. The van der Waals surface area contributed by atoms with Gasteiger partial charge in [-0.15, -0.1) is 0 Å². The molecule has 5 nitrogen and oxygen atoms in total. The van der Waals surface area contributed by atoms with E-state index in [9.17, 15) is 8.42 Å². The first-order valence-corrected chi connectivity index (χ1v) is 8.12. The van der Waals surface area contributed by atoms with Crippen LogP contribution in [0.3, 0.4) is 0 Å². The van der Waals surface area contributed by atoms with Crippen molar-refractivity contribution in [1.82, 2.24) is 10.0 Å². The molecule has 0 aromatic heterocycles. The maximum absolute atomic E-state index is 12.3. The summed E-state index contributed by atoms with van der Waals surface area (Å²) in [6.07, 6.45) is 2.68. The van der Waals surface area contributed by atoms with Crippen molar-refractivity contribution in [2.75, 3.05) is 19.7 Å². The number of hydrogen-bond donors (Lipinski definition) is 2. The van der Waals surface area contributed by atoms with Gasteiger partial charge >= 0.3 is 0 Å². The van der Waals surface area contributed by atoms with E-state index < -0.39 is 10.0 Å². The van der Waals surface area contributed by atoms with Crippen LogP contribution in [0.5, 0.6) is 5.75 Å². The molecule has 1 atom stereocenters. The van der Waals surface area contributed by atoms with E-state index in [0.29, 0.717) is 18.0 Å². The van der Waals surface area contributed by atoms with Gasteiger partial charge < -0.3 is 10.1 Å². The van der Waals surface area contributed by atoms with Crippen LogP contribution in [0.4, 0.5) is 0 Å². The number of ether oxygens (including phenoxy) is 1. The smallest absolute Gasteiger partial charge is 0.240 e. The second-order valence-corrected chi connectivity index (χ2v) is 6.75. The summed E-state index contributed by atoms with van der Waals surface area (Å²) >= 11 is 0. The van der Waals surface area contributed by atoms with Crippen molar-refractivity contribution in [3.63, 3.8) is 0 Å². The first-order chi connectivity index (χ1) is 9.15. The monoisotopic (exact) mass is 282 g/mol. The molecule has 0 amide bonds. The Kier molecular flexibility index (Phi) is 3.47. The molecule has 0 spiro atoms. The molecule has 3 rings (SSSR count). The highest BCUT2D eigenvalue weighted by molar-refractivity contribution is 7.89. The number of nitrogens with one attached hydrogen (secondary N) is 2. The predicted molar refractivity (Wildman–Crippen MR) is 71.9 cm³/mol. The van der Waals surface area contributed by atoms with E-state index in [4.69, 9.17) is 4.74 Å². The van der Waals surface area contributed by atoms with E-state index in [1.54, 1.807) is 18.2 Å². The predicted octanol–water partition coefficient (Wildman–Crippen LogP) is 0.652. The zero-order valence-electron chi connectivity index (χ0n) is 10.7. The van der Waals surface area contributed by atoms with Gasteiger partial charge in [0.2, 0.25) is 10.0 Å². The lowest BCUT2D eigenvalue weighted by Gasteiger charge is -2.23. The van der Waals surface area contributed by atoms with E-state index in [2.05, 4.69) is 10.0 Å². The fraction of sp³-hybridized carbons (Fsp3) is 0.538. The summed E-state index contributed by atoms with van der Waals surface area (Å²) in [5.41, 5.74) is 0.977. The largest absolute Gasteiger partial charge is 0.493 e. The van der Waals surface area contributed by atoms with Gasteiger partial charge in [-0.1, -0.05) is 0 Å². The zero-order valence-corrected chi connectivity index (χ0v) is 11.5. The molecule has 0 radical (unpaired) electrons. The van der Waals surface area contributed by atoms with Crippen molar-refractivity contribution < 1.29 is 13.2 Å². The molecule has 0 bridgehead atoms. The van der Waals surface area contributed by atoms with Gasteiger partial charge in [0.1, 0.15) is 5.75 Å². The molecule has 2 aliphatic heterocycles. The summed E-state index contributed by atoms with van der Waals surface area (Å²) in [7, 11) is -3.43. The van der Waals surface area contributed by atoms with Crippen molar-refractivity contribution in [3.05, 3.63) is 23.8 Å². The molecule has 0 unspecified atom stereocenters. The third kappa shape index (κ3) is 2.75. The van der Waals surface area contributed by atoms with E-state index >= 15 is 0 Å². The van der Waals surface area contributed by atoms with Crippen LogP contribution in [0.2, 0.25) is 0 Å². The second-order valence-electron chi connectivity index (χ2n) is 5.03. The van der Waals surface area contributed by atoms with Crippen LogP contribution >= 0.6 is 0 Å². The van der Waals surface area contributed by atoms with Gasteiger partial charge in [-0.2, -0.15) is 0 Å². The maximum Gasteiger partial charge on any atom is 0.240 e. The Balaban J connectivity index is 1.79. The summed E-state index contributed by atoms with van der Waals surface area (Å²) in [6, 6.07) is 5.07. The summed E-state index contributed by atoms with van der Waals surface area (Å²) in [4.78, 5) is 0.335. The van der Waals surface area contributed by atoms with Crippen molar-refractivity contribution in [3.8, 4) is 5.75 Å². The summed E-state index contributed by atoms with van der Waals surface area (Å²) < 4.78 is 32.8. The van der Waals surface area contributed by atoms with Crippen LogP contribution in [0.15, 0.2) is 23.1 Å². The van der Waals surface area contributed by atoms with Gasteiger partial charge in [-0.05, 0) is 43.1 Å². The average Bonchev–Trinajstić information content (AvgIpc) is 2.86. The minimum Gasteiger partial charge on any atom is -0.493 e. The average molecular weight is 282 g/mol. The molecule has 1 fully saturated rings. The van der Waals surface area contributed by atoms with E-state index in [1.807, 2.05) is 0 Å². The molecule has 104 valence electrons. The number of fused-ring (bicyclic) bond motifs is 1. The van der Waals surface area contributed by atoms with Gasteiger partial charge in [-0.25, -0.2) is 13.1 Å². The first kappa shape index (κ1) is 12.9. The van der Waals surface area contributed by atoms with Crippen LogP contribution in [0.25, 0.3) is 0 Å². The third-order valence-electron chi connectivity index (χ3n) is 3.59. The summed E-state index contributed by atoms with van der Waals surface area (Å²) in [6.45, 7) is 2.31. The lowest BCUT2D eigenvalue weighted by molar-refractivity contribution is 0.356. The standard InChI is InChI=1S/C13H18N2O3S/c16-19(17,15-11-2-1-6-14-9-11)12-3-4-13-10(8-12)5-7-18-13/h3-4,8,11,14-15H,1-2,5-7,9H2/t11-/m1/s1. The maximum atomic E-state index is 12.3. The molecular formula is C13H18N2O3S. The van der Waals surface area contributed by atoms with Gasteiger partial charge in [0.15, 0.2) is 0 Å². The number of hydrogen-bond acceptors (Lipinski definition) is 4. The SMILES string of the molecule is O=S(=O)(N[C@@H]1CCCNC1)c1ccc2c(c1)CCO2. The summed E-state index contributed by atoms with van der Waals surface area (Å²) in [5.74, 6) is 0.804. The Morgan fingerprint density at radius 2 is 2.26 bits per heavy atom. The summed E-state index contributed by atoms with van der Waals surface area (Å²) in [5, 5.41) is 3.20. The lowest BCUT2D eigenvalue weighted by Crippen LogP contribution is -2.45. The van der Waals surface area contributed by atoms with Gasteiger partial charge in [-0.3, -0.25) is 0 Å². The highest BCUT2D eigenvalue weighted by atomic mass is 32.2. The van der Waals surface area contributed by atoms with Gasteiger partial charge in [0, 0.05) is 19.0 Å². The minimum absolute atomic E-state index is 0.0109. The molecule has 1 aromatic rings. The number of piperidine rings is 1. The highest BCUT2D eigenvalue weighted by Crippen LogP contribution is 2.27. The molecule has 19 heavy (non-hydrogen) atoms. The molecule has 0 aliphatic carbocycles. The van der Waals surface area contributed by atoms with Crippen molar-refractivity contribution in [1.29, 1.82) is 0 Å². The van der Waals surface area contributed by atoms with Crippen LogP contribution in [0.1, 0.15) is 18.4 Å². The number of sulfonamides is 1. The van der Waals surface area contributed by atoms with E-state index in [1.165, 1.54) is 0 Å². The van der Waals surface area contributed by atoms with Crippen LogP contribution in [-0.4, -0.2) is 34.2 Å². The third-order valence-corrected chi connectivity index (χ3v) is 5.11. The van der Waals surface area contributed by atoms with E-state index in [-0.39, 0.29) is 6.04 Å². The second kappa shape index (κ2) is 5.11. The molecule has 1 saturated heterocycles. The molecule has 1 aromatic carbocycles. The molecule has 2 heterocycles. The van der Waals surface area contributed by atoms with Crippen LogP contribution in [-0.2, 0) is 16.4 Å². The molecule has 0 saturated carbocycles. The highest BCUT2D eigenvalue weighted by Gasteiger charge is 2.23. The normalized spacial score (nSPS) is 22.8. The zero-order chi connectivity index (χ0) is 13.3. The Morgan fingerprint density at radius 3 is 3.05 bits per heavy atom. The number of rotatable bonds is 3. The molecular weight excluding hydrogens is 264 g/mol. The fourth-order valence-electron chi connectivity index (χ4n) is 2.57. The van der Waals surface area contributed by atoms with Crippen molar-refractivity contribution >= 4 is 10.0 Å². The van der Waals surface area contributed by atoms with Crippen LogP contribution < -0.4 is 14.8 Å². The number of benzene rings is 1. The Morgan fingerprint density at radius 1 is 1.37 bits per heavy atom. The Hall–Kier alpha value is -1.11. The topological polar surface area (TPSA) is 67.4 Å². The van der Waals surface area contributed by atoms with E-state index in [0.717, 1.165) is 37.1 Å². The minimum atomic E-state index is -3.43.